The summed E-state index contributed by atoms with van der Waals surface area (Å²) in [6.45, 7) is 5.73. The Morgan fingerprint density at radius 1 is 1.52 bits per heavy atom. The van der Waals surface area contributed by atoms with Gasteiger partial charge in [0.05, 0.1) is 11.6 Å². The molecule has 1 saturated heterocycles. The van der Waals surface area contributed by atoms with Crippen LogP contribution in [0.3, 0.4) is 0 Å². The first kappa shape index (κ1) is 18.9. The highest BCUT2D eigenvalue weighted by atomic mass is 35.5. The van der Waals surface area contributed by atoms with Gasteiger partial charge < -0.3 is 15.1 Å². The largest absolute Gasteiger partial charge is 0.343 e. The van der Waals surface area contributed by atoms with Gasteiger partial charge in [-0.15, -0.1) is 0 Å². The smallest absolute Gasteiger partial charge is 0.249 e. The average molecular weight is 368 g/mol. The first-order chi connectivity index (χ1) is 11.9. The fraction of sp³-hybridized carbons (Fsp3) is 0.353. The molecular formula is C17H19ClFN3O3. The van der Waals surface area contributed by atoms with E-state index in [1.807, 2.05) is 0 Å². The third-order valence-electron chi connectivity index (χ3n) is 3.96. The van der Waals surface area contributed by atoms with Crippen molar-refractivity contribution in [3.05, 3.63) is 41.7 Å². The van der Waals surface area contributed by atoms with E-state index in [2.05, 4.69) is 11.9 Å². The fourth-order valence-corrected chi connectivity index (χ4v) is 2.79. The first-order valence-corrected chi connectivity index (χ1v) is 8.22. The van der Waals surface area contributed by atoms with Crippen molar-refractivity contribution in [1.82, 2.24) is 10.2 Å². The maximum Gasteiger partial charge on any atom is 0.249 e. The minimum absolute atomic E-state index is 0.0701. The third kappa shape index (κ3) is 4.36. The summed E-state index contributed by atoms with van der Waals surface area (Å²) in [6.07, 6.45) is 1.55. The fourth-order valence-electron chi connectivity index (χ4n) is 2.61. The second-order valence-corrected chi connectivity index (χ2v) is 5.96. The van der Waals surface area contributed by atoms with E-state index < -0.39 is 17.8 Å². The molecular weight excluding hydrogens is 349 g/mol. The van der Waals surface area contributed by atoms with E-state index in [4.69, 9.17) is 11.6 Å². The molecule has 1 unspecified atom stereocenters. The molecule has 1 aromatic rings. The Bertz CT molecular complexity index is 710. The maximum absolute atomic E-state index is 13.2. The van der Waals surface area contributed by atoms with Crippen LogP contribution in [-0.4, -0.2) is 48.3 Å². The van der Waals surface area contributed by atoms with Crippen LogP contribution in [0.4, 0.5) is 10.1 Å². The van der Waals surface area contributed by atoms with Crippen LogP contribution in [0.15, 0.2) is 30.9 Å². The predicted molar refractivity (Wildman–Crippen MR) is 92.8 cm³/mol. The Hall–Kier alpha value is -2.41. The molecule has 2 rings (SSSR count). The van der Waals surface area contributed by atoms with Gasteiger partial charge in [0, 0.05) is 18.8 Å². The molecule has 1 atom stereocenters. The second kappa shape index (κ2) is 8.11. The summed E-state index contributed by atoms with van der Waals surface area (Å²) in [6, 6.07) is 3.34. The van der Waals surface area contributed by atoms with Crippen molar-refractivity contribution in [3.8, 4) is 0 Å². The molecule has 8 heteroatoms. The molecule has 134 valence electrons. The molecule has 3 amide bonds. The van der Waals surface area contributed by atoms with E-state index in [1.54, 1.807) is 6.92 Å². The summed E-state index contributed by atoms with van der Waals surface area (Å²) >= 11 is 5.75. The number of likely N-dealkylation sites (N-methyl/N-ethyl adjacent to an activating group) is 1. The van der Waals surface area contributed by atoms with E-state index in [1.165, 1.54) is 28.0 Å². The Balaban J connectivity index is 1.99. The number of anilines is 1. The van der Waals surface area contributed by atoms with Crippen LogP contribution >= 0.6 is 11.6 Å². The molecule has 1 N–H and O–H groups in total. The lowest BCUT2D eigenvalue weighted by Gasteiger charge is -2.20. The number of benzene rings is 1. The van der Waals surface area contributed by atoms with Crippen molar-refractivity contribution < 1.29 is 18.8 Å². The van der Waals surface area contributed by atoms with E-state index in [0.29, 0.717) is 25.2 Å². The monoisotopic (exact) mass is 367 g/mol. The van der Waals surface area contributed by atoms with Gasteiger partial charge in [-0.2, -0.15) is 0 Å². The Labute approximate surface area is 150 Å². The van der Waals surface area contributed by atoms with Crippen LogP contribution in [0.5, 0.6) is 0 Å². The van der Waals surface area contributed by atoms with Gasteiger partial charge in [0.25, 0.3) is 0 Å². The summed E-state index contributed by atoms with van der Waals surface area (Å²) in [5.74, 6) is -1.63. The topological polar surface area (TPSA) is 69.7 Å². The van der Waals surface area contributed by atoms with Gasteiger partial charge in [-0.25, -0.2) is 4.39 Å². The van der Waals surface area contributed by atoms with Crippen LogP contribution in [0, 0.1) is 5.82 Å². The third-order valence-corrected chi connectivity index (χ3v) is 4.25. The number of carbonyl (C=O) groups is 3. The molecule has 0 aromatic heterocycles. The lowest BCUT2D eigenvalue weighted by Crippen LogP contribution is -2.46. The van der Waals surface area contributed by atoms with Crippen molar-refractivity contribution in [2.45, 2.75) is 19.4 Å². The summed E-state index contributed by atoms with van der Waals surface area (Å²) in [5.41, 5.74) is 0.477. The first-order valence-electron chi connectivity index (χ1n) is 7.84. The SMILES string of the molecule is C=CC(=O)N(CC)CC(=O)NC1CCN(c2ccc(F)c(Cl)c2)C1=O. The van der Waals surface area contributed by atoms with Crippen LogP contribution < -0.4 is 10.2 Å². The van der Waals surface area contributed by atoms with Crippen molar-refractivity contribution in [2.24, 2.45) is 0 Å². The van der Waals surface area contributed by atoms with E-state index >= 15 is 0 Å². The zero-order valence-electron chi connectivity index (χ0n) is 13.8. The van der Waals surface area contributed by atoms with Crippen LogP contribution in [0.1, 0.15) is 13.3 Å². The van der Waals surface area contributed by atoms with Crippen molar-refractivity contribution >= 4 is 35.0 Å². The number of nitrogens with one attached hydrogen (secondary N) is 1. The standard InChI is InChI=1S/C17H19ClFN3O3/c1-3-16(24)21(4-2)10-15(23)20-14-7-8-22(17(14)25)11-5-6-13(19)12(18)9-11/h3,5-6,9,14H,1,4,7-8,10H2,2H3,(H,20,23). The van der Waals surface area contributed by atoms with Gasteiger partial charge in [0.2, 0.25) is 17.7 Å². The number of amides is 3. The molecule has 1 aromatic carbocycles. The van der Waals surface area contributed by atoms with Crippen molar-refractivity contribution in [2.75, 3.05) is 24.5 Å². The summed E-state index contributed by atoms with van der Waals surface area (Å²) in [7, 11) is 0. The Morgan fingerprint density at radius 2 is 2.24 bits per heavy atom. The molecule has 0 saturated carbocycles. The van der Waals surface area contributed by atoms with Crippen molar-refractivity contribution in [3.63, 3.8) is 0 Å². The normalized spacial score (nSPS) is 16.7. The zero-order valence-corrected chi connectivity index (χ0v) is 14.6. The highest BCUT2D eigenvalue weighted by Gasteiger charge is 2.34. The van der Waals surface area contributed by atoms with E-state index in [9.17, 15) is 18.8 Å². The summed E-state index contributed by atoms with van der Waals surface area (Å²) in [4.78, 5) is 38.9. The van der Waals surface area contributed by atoms with Gasteiger partial charge >= 0.3 is 0 Å². The lowest BCUT2D eigenvalue weighted by atomic mass is 10.2. The molecule has 1 aliphatic heterocycles. The quantitative estimate of drug-likeness (QED) is 0.778. The number of hydrogen-bond acceptors (Lipinski definition) is 3. The number of rotatable bonds is 6. The summed E-state index contributed by atoms with van der Waals surface area (Å²) < 4.78 is 13.2. The predicted octanol–water partition coefficient (Wildman–Crippen LogP) is 1.74. The van der Waals surface area contributed by atoms with Crippen LogP contribution in [0.25, 0.3) is 0 Å². The number of nitrogens with zero attached hydrogens (tertiary/aromatic N) is 2. The molecule has 1 heterocycles. The number of carbonyl (C=O) groups excluding carboxylic acids is 3. The number of hydrogen-bond donors (Lipinski definition) is 1. The second-order valence-electron chi connectivity index (χ2n) is 5.55. The Morgan fingerprint density at radius 3 is 2.84 bits per heavy atom. The van der Waals surface area contributed by atoms with E-state index in [0.717, 1.165) is 6.08 Å². The van der Waals surface area contributed by atoms with Gasteiger partial charge in [0.15, 0.2) is 0 Å². The van der Waals surface area contributed by atoms with Crippen LogP contribution in [-0.2, 0) is 14.4 Å². The van der Waals surface area contributed by atoms with Gasteiger partial charge in [-0.05, 0) is 37.6 Å². The minimum Gasteiger partial charge on any atom is -0.343 e. The zero-order chi connectivity index (χ0) is 18.6. The van der Waals surface area contributed by atoms with Gasteiger partial charge in [-0.1, -0.05) is 18.2 Å². The Kier molecular flexibility index (Phi) is 6.14. The average Bonchev–Trinajstić information content (AvgIpc) is 2.95. The molecule has 25 heavy (non-hydrogen) atoms. The highest BCUT2D eigenvalue weighted by molar-refractivity contribution is 6.31. The molecule has 1 fully saturated rings. The van der Waals surface area contributed by atoms with Gasteiger partial charge in [-0.3, -0.25) is 14.4 Å². The van der Waals surface area contributed by atoms with Crippen molar-refractivity contribution in [1.29, 1.82) is 0 Å². The molecule has 0 bridgehead atoms. The number of halogens is 2. The molecule has 0 aliphatic carbocycles. The maximum atomic E-state index is 13.2. The van der Waals surface area contributed by atoms with Crippen LogP contribution in [0.2, 0.25) is 5.02 Å². The molecule has 0 spiro atoms. The minimum atomic E-state index is -0.686. The molecule has 0 radical (unpaired) electrons. The molecule has 1 aliphatic rings. The van der Waals surface area contributed by atoms with E-state index in [-0.39, 0.29) is 23.4 Å². The van der Waals surface area contributed by atoms with Gasteiger partial charge in [0.1, 0.15) is 11.9 Å². The molecule has 6 nitrogen and oxygen atoms in total. The highest BCUT2D eigenvalue weighted by Crippen LogP contribution is 2.26. The lowest BCUT2D eigenvalue weighted by molar-refractivity contribution is -0.133. The summed E-state index contributed by atoms with van der Waals surface area (Å²) in [5, 5.41) is 2.56.